The van der Waals surface area contributed by atoms with Gasteiger partial charge in [0.25, 0.3) is 0 Å². The van der Waals surface area contributed by atoms with Crippen molar-refractivity contribution in [2.45, 2.75) is 31.3 Å². The van der Waals surface area contributed by atoms with Crippen LogP contribution < -0.4 is 5.32 Å². The first-order valence-corrected chi connectivity index (χ1v) is 7.23. The third kappa shape index (κ3) is 2.99. The summed E-state index contributed by atoms with van der Waals surface area (Å²) in [4.78, 5) is 2.66. The lowest BCUT2D eigenvalue weighted by atomic mass is 10.1. The van der Waals surface area contributed by atoms with Crippen LogP contribution in [0.2, 0.25) is 0 Å². The molecular formula is C12H22N2S. The molecule has 0 aromatic heterocycles. The molecule has 0 radical (unpaired) electrons. The molecule has 0 spiro atoms. The Morgan fingerprint density at radius 2 is 2.33 bits per heavy atom. The van der Waals surface area contributed by atoms with Crippen LogP contribution in [-0.2, 0) is 0 Å². The molecule has 2 unspecified atom stereocenters. The average Bonchev–Trinajstić information content (AvgIpc) is 2.81. The van der Waals surface area contributed by atoms with Gasteiger partial charge in [-0.1, -0.05) is 6.08 Å². The smallest absolute Gasteiger partial charge is 0.0250 e. The number of hydrogen-bond donors (Lipinski definition) is 1. The molecule has 2 fully saturated rings. The maximum absolute atomic E-state index is 3.73. The highest BCUT2D eigenvalue weighted by atomic mass is 32.2. The third-order valence-electron chi connectivity index (χ3n) is 3.49. The summed E-state index contributed by atoms with van der Waals surface area (Å²) >= 11 is 1.97. The van der Waals surface area contributed by atoms with Crippen molar-refractivity contribution in [3.63, 3.8) is 0 Å². The molecule has 2 saturated heterocycles. The second-order valence-corrected chi connectivity index (χ2v) is 5.61. The van der Waals surface area contributed by atoms with Gasteiger partial charge in [0.1, 0.15) is 0 Å². The van der Waals surface area contributed by atoms with Gasteiger partial charge in [-0.15, -0.1) is 6.58 Å². The Morgan fingerprint density at radius 3 is 3.20 bits per heavy atom. The fourth-order valence-electron chi connectivity index (χ4n) is 2.80. The third-order valence-corrected chi connectivity index (χ3v) is 4.46. The lowest BCUT2D eigenvalue weighted by Gasteiger charge is -2.21. The summed E-state index contributed by atoms with van der Waals surface area (Å²) in [5.74, 6) is 2.30. The Balaban J connectivity index is 1.61. The van der Waals surface area contributed by atoms with E-state index in [1.807, 2.05) is 17.8 Å². The number of nitrogens with one attached hydrogen (secondary N) is 1. The van der Waals surface area contributed by atoms with Crippen molar-refractivity contribution in [1.29, 1.82) is 0 Å². The van der Waals surface area contributed by atoms with Gasteiger partial charge in [0, 0.05) is 36.7 Å². The molecule has 2 aliphatic heterocycles. The van der Waals surface area contributed by atoms with Crippen molar-refractivity contribution in [3.8, 4) is 0 Å². The Kier molecular flexibility index (Phi) is 4.54. The van der Waals surface area contributed by atoms with Gasteiger partial charge < -0.3 is 5.32 Å². The molecule has 2 rings (SSSR count). The first kappa shape index (κ1) is 11.5. The molecule has 0 aliphatic carbocycles. The fraction of sp³-hybridized carbons (Fsp3) is 0.833. The molecule has 0 amide bonds. The standard InChI is InChI=1S/C12H22N2S/c1-2-9-15-10-6-13-11-5-8-14-7-3-4-12(11)14/h2,11-13H,1,3-10H2. The van der Waals surface area contributed by atoms with E-state index in [-0.39, 0.29) is 0 Å². The molecule has 2 aliphatic rings. The predicted molar refractivity (Wildman–Crippen MR) is 68.5 cm³/mol. The zero-order valence-electron chi connectivity index (χ0n) is 9.45. The molecule has 15 heavy (non-hydrogen) atoms. The summed E-state index contributed by atoms with van der Waals surface area (Å²) in [5, 5.41) is 3.72. The van der Waals surface area contributed by atoms with E-state index < -0.39 is 0 Å². The minimum atomic E-state index is 0.775. The van der Waals surface area contributed by atoms with E-state index in [2.05, 4.69) is 16.8 Å². The summed E-state index contributed by atoms with van der Waals surface area (Å²) in [5.41, 5.74) is 0. The highest BCUT2D eigenvalue weighted by molar-refractivity contribution is 7.99. The lowest BCUT2D eigenvalue weighted by molar-refractivity contribution is 0.301. The van der Waals surface area contributed by atoms with Crippen LogP contribution in [0.15, 0.2) is 12.7 Å². The van der Waals surface area contributed by atoms with Crippen LogP contribution in [0.5, 0.6) is 0 Å². The Bertz CT molecular complexity index is 208. The molecule has 2 atom stereocenters. The molecule has 2 nitrogen and oxygen atoms in total. The van der Waals surface area contributed by atoms with Gasteiger partial charge in [-0.25, -0.2) is 0 Å². The van der Waals surface area contributed by atoms with E-state index in [1.54, 1.807) is 0 Å². The normalized spacial score (nSPS) is 30.7. The van der Waals surface area contributed by atoms with Gasteiger partial charge in [-0.3, -0.25) is 4.90 Å². The summed E-state index contributed by atoms with van der Waals surface area (Å²) in [6.07, 6.45) is 6.17. The second kappa shape index (κ2) is 5.92. The van der Waals surface area contributed by atoms with Crippen molar-refractivity contribution < 1.29 is 0 Å². The fourth-order valence-corrected chi connectivity index (χ4v) is 3.40. The molecule has 0 bridgehead atoms. The van der Waals surface area contributed by atoms with Gasteiger partial charge in [0.05, 0.1) is 0 Å². The molecular weight excluding hydrogens is 204 g/mol. The number of thioether (sulfide) groups is 1. The minimum absolute atomic E-state index is 0.775. The predicted octanol–water partition coefficient (Wildman–Crippen LogP) is 1.73. The van der Waals surface area contributed by atoms with E-state index in [4.69, 9.17) is 0 Å². The number of hydrogen-bond acceptors (Lipinski definition) is 3. The summed E-state index contributed by atoms with van der Waals surface area (Å²) in [6.45, 7) is 7.55. The largest absolute Gasteiger partial charge is 0.312 e. The van der Waals surface area contributed by atoms with Crippen LogP contribution in [0.25, 0.3) is 0 Å². The van der Waals surface area contributed by atoms with Crippen molar-refractivity contribution in [1.82, 2.24) is 10.2 Å². The van der Waals surface area contributed by atoms with E-state index >= 15 is 0 Å². The Hall–Kier alpha value is 0.01000. The molecule has 1 N–H and O–H groups in total. The van der Waals surface area contributed by atoms with Gasteiger partial charge in [-0.2, -0.15) is 11.8 Å². The second-order valence-electron chi connectivity index (χ2n) is 4.46. The summed E-state index contributed by atoms with van der Waals surface area (Å²) < 4.78 is 0. The van der Waals surface area contributed by atoms with Gasteiger partial charge in [-0.05, 0) is 25.8 Å². The SMILES string of the molecule is C=CCSCCNC1CCN2CCCC12. The monoisotopic (exact) mass is 226 g/mol. The van der Waals surface area contributed by atoms with Crippen molar-refractivity contribution >= 4 is 11.8 Å². The van der Waals surface area contributed by atoms with E-state index in [9.17, 15) is 0 Å². The molecule has 3 heteroatoms. The first-order valence-electron chi connectivity index (χ1n) is 6.08. The topological polar surface area (TPSA) is 15.3 Å². The van der Waals surface area contributed by atoms with Gasteiger partial charge >= 0.3 is 0 Å². The van der Waals surface area contributed by atoms with Crippen LogP contribution in [0.1, 0.15) is 19.3 Å². The highest BCUT2D eigenvalue weighted by Crippen LogP contribution is 2.27. The summed E-state index contributed by atoms with van der Waals surface area (Å²) in [7, 11) is 0. The number of rotatable bonds is 6. The number of nitrogens with zero attached hydrogens (tertiary/aromatic N) is 1. The summed E-state index contributed by atoms with van der Waals surface area (Å²) in [6, 6.07) is 1.63. The van der Waals surface area contributed by atoms with Crippen LogP contribution in [0.4, 0.5) is 0 Å². The van der Waals surface area contributed by atoms with Crippen molar-refractivity contribution in [3.05, 3.63) is 12.7 Å². The average molecular weight is 226 g/mol. The Labute approximate surface area is 97.5 Å². The Morgan fingerprint density at radius 1 is 1.40 bits per heavy atom. The molecule has 86 valence electrons. The highest BCUT2D eigenvalue weighted by Gasteiger charge is 2.36. The number of fused-ring (bicyclic) bond motifs is 1. The zero-order chi connectivity index (χ0) is 10.5. The van der Waals surface area contributed by atoms with Crippen LogP contribution in [0, 0.1) is 0 Å². The maximum atomic E-state index is 3.73. The lowest BCUT2D eigenvalue weighted by Crippen LogP contribution is -2.40. The van der Waals surface area contributed by atoms with E-state index in [0.29, 0.717) is 0 Å². The molecule has 0 aromatic carbocycles. The molecule has 0 aromatic rings. The quantitative estimate of drug-likeness (QED) is 0.548. The van der Waals surface area contributed by atoms with Crippen LogP contribution in [0.3, 0.4) is 0 Å². The van der Waals surface area contributed by atoms with Crippen LogP contribution >= 0.6 is 11.8 Å². The molecule has 0 saturated carbocycles. The van der Waals surface area contributed by atoms with Crippen molar-refractivity contribution in [2.24, 2.45) is 0 Å². The molecule has 2 heterocycles. The van der Waals surface area contributed by atoms with Gasteiger partial charge in [0.15, 0.2) is 0 Å². The van der Waals surface area contributed by atoms with E-state index in [0.717, 1.165) is 24.4 Å². The zero-order valence-corrected chi connectivity index (χ0v) is 10.3. The van der Waals surface area contributed by atoms with Crippen LogP contribution in [-0.4, -0.2) is 48.1 Å². The first-order chi connectivity index (χ1) is 7.42. The maximum Gasteiger partial charge on any atom is 0.0250 e. The van der Waals surface area contributed by atoms with Gasteiger partial charge in [0.2, 0.25) is 0 Å². The van der Waals surface area contributed by atoms with E-state index in [1.165, 1.54) is 38.1 Å². The minimum Gasteiger partial charge on any atom is -0.312 e. The van der Waals surface area contributed by atoms with Crippen molar-refractivity contribution in [2.75, 3.05) is 31.1 Å².